The number of carbonyl (C=O) groups is 2. The maximum atomic E-state index is 15.3. The zero-order valence-corrected chi connectivity index (χ0v) is 21.1. The minimum absolute atomic E-state index is 0.118. The zero-order valence-electron chi connectivity index (χ0n) is 21.1. The summed E-state index contributed by atoms with van der Waals surface area (Å²) >= 11 is 0. The maximum absolute atomic E-state index is 15.3. The lowest BCUT2D eigenvalue weighted by atomic mass is 9.87. The molecule has 2 heterocycles. The number of hydrogen-bond acceptors (Lipinski definition) is 3. The summed E-state index contributed by atoms with van der Waals surface area (Å²) in [5.74, 6) is -7.49. The van der Waals surface area contributed by atoms with E-state index < -0.39 is 59.0 Å². The summed E-state index contributed by atoms with van der Waals surface area (Å²) in [5.41, 5.74) is -3.36. The largest absolute Gasteiger partial charge is 0.444 e. The number of rotatable bonds is 4. The summed E-state index contributed by atoms with van der Waals surface area (Å²) in [6.45, 7) is 5.33. The highest BCUT2D eigenvalue weighted by molar-refractivity contribution is 5.86. The van der Waals surface area contributed by atoms with Gasteiger partial charge in [0.25, 0.3) is 5.92 Å². The molecule has 37 heavy (non-hydrogen) atoms. The molecule has 2 aliphatic heterocycles. The van der Waals surface area contributed by atoms with Gasteiger partial charge >= 0.3 is 12.3 Å². The zero-order chi connectivity index (χ0) is 27.4. The molecule has 0 spiro atoms. The molecule has 0 aromatic heterocycles. The molecule has 0 radical (unpaired) electrons. The van der Waals surface area contributed by atoms with Gasteiger partial charge in [-0.15, -0.1) is 0 Å². The van der Waals surface area contributed by atoms with E-state index in [-0.39, 0.29) is 31.7 Å². The molecule has 1 saturated carbocycles. The number of alkyl halides is 5. The Bertz CT molecular complexity index is 1040. The fourth-order valence-corrected chi connectivity index (χ4v) is 5.28. The second-order valence-electron chi connectivity index (χ2n) is 11.4. The van der Waals surface area contributed by atoms with Crippen LogP contribution < -0.4 is 0 Å². The van der Waals surface area contributed by atoms with Crippen LogP contribution in [-0.2, 0) is 15.5 Å². The van der Waals surface area contributed by atoms with Gasteiger partial charge in [-0.25, -0.2) is 18.0 Å². The second kappa shape index (κ2) is 9.38. The summed E-state index contributed by atoms with van der Waals surface area (Å²) in [6, 6.07) is 3.56. The number of amides is 2. The smallest absolute Gasteiger partial charge is 0.410 e. The predicted octanol–water partition coefficient (Wildman–Crippen LogP) is 6.22. The summed E-state index contributed by atoms with van der Waals surface area (Å²) in [4.78, 5) is 27.1. The summed E-state index contributed by atoms with van der Waals surface area (Å²) < 4.78 is 90.8. The Hall–Kier alpha value is -2.46. The lowest BCUT2D eigenvalue weighted by Gasteiger charge is -2.34. The summed E-state index contributed by atoms with van der Waals surface area (Å²) in [7, 11) is 0. The van der Waals surface area contributed by atoms with E-state index >= 15 is 8.78 Å². The minimum Gasteiger partial charge on any atom is -0.444 e. The topological polar surface area (TPSA) is 49.9 Å². The molecule has 2 amide bonds. The van der Waals surface area contributed by atoms with Crippen molar-refractivity contribution in [3.8, 4) is 0 Å². The fraction of sp³-hybridized carbons (Fsp3) is 0.692. The molecule has 2 saturated heterocycles. The Morgan fingerprint density at radius 2 is 1.54 bits per heavy atom. The Labute approximate surface area is 212 Å². The van der Waals surface area contributed by atoms with Gasteiger partial charge in [0.1, 0.15) is 16.8 Å². The quantitative estimate of drug-likeness (QED) is 0.431. The first-order valence-corrected chi connectivity index (χ1v) is 12.6. The van der Waals surface area contributed by atoms with Gasteiger partial charge in [-0.3, -0.25) is 4.79 Å². The van der Waals surface area contributed by atoms with Crippen molar-refractivity contribution in [1.82, 2.24) is 9.80 Å². The molecule has 0 bridgehead atoms. The van der Waals surface area contributed by atoms with E-state index in [1.54, 1.807) is 25.7 Å². The van der Waals surface area contributed by atoms with Crippen LogP contribution in [0, 0.1) is 17.2 Å². The van der Waals surface area contributed by atoms with Gasteiger partial charge in [0.15, 0.2) is 0 Å². The Morgan fingerprint density at radius 3 is 2.05 bits per heavy atom. The van der Waals surface area contributed by atoms with Crippen molar-refractivity contribution in [2.45, 2.75) is 76.5 Å². The van der Waals surface area contributed by atoms with E-state index in [0.717, 1.165) is 17.0 Å². The van der Waals surface area contributed by atoms with Crippen LogP contribution in [0.1, 0.15) is 69.9 Å². The van der Waals surface area contributed by atoms with Crippen LogP contribution >= 0.6 is 0 Å². The molecule has 3 aliphatic rings. The van der Waals surface area contributed by atoms with Gasteiger partial charge in [0.05, 0.1) is 5.56 Å². The van der Waals surface area contributed by atoms with Crippen LogP contribution in [-0.4, -0.2) is 59.8 Å². The van der Waals surface area contributed by atoms with Crippen molar-refractivity contribution in [3.05, 3.63) is 35.1 Å². The highest BCUT2D eigenvalue weighted by atomic mass is 19.4. The van der Waals surface area contributed by atoms with Crippen molar-refractivity contribution < 1.29 is 40.7 Å². The van der Waals surface area contributed by atoms with Gasteiger partial charge in [0, 0.05) is 32.1 Å². The molecule has 5 nitrogen and oxygen atoms in total. The third-order valence-corrected chi connectivity index (χ3v) is 7.66. The molecule has 11 heteroatoms. The summed E-state index contributed by atoms with van der Waals surface area (Å²) in [5, 5.41) is 0. The van der Waals surface area contributed by atoms with Gasteiger partial charge in [-0.1, -0.05) is 6.07 Å². The molecule has 206 valence electrons. The van der Waals surface area contributed by atoms with E-state index in [4.69, 9.17) is 4.74 Å². The number of benzene rings is 1. The van der Waals surface area contributed by atoms with Crippen molar-refractivity contribution in [2.24, 2.45) is 11.3 Å². The number of halogens is 6. The first-order chi connectivity index (χ1) is 17.0. The average molecular weight is 535 g/mol. The second-order valence-corrected chi connectivity index (χ2v) is 11.4. The van der Waals surface area contributed by atoms with E-state index in [9.17, 15) is 27.2 Å². The SMILES string of the molecule is CC(C)(C)OC(=O)N1CCC(c2ccc(C(F)(F)C3CCN(C(=O)C4(C(F)(F)F)CC4)C3)c(F)c2)CC1. The minimum atomic E-state index is -4.71. The lowest BCUT2D eigenvalue weighted by molar-refractivity contribution is -0.198. The molecular formula is C26H32F6N2O3. The fourth-order valence-electron chi connectivity index (χ4n) is 5.28. The first kappa shape index (κ1) is 27.6. The third kappa shape index (κ3) is 5.41. The normalized spacial score (nSPS) is 22.8. The van der Waals surface area contributed by atoms with Crippen molar-refractivity contribution >= 4 is 12.0 Å². The van der Waals surface area contributed by atoms with Crippen LogP contribution in [0.5, 0.6) is 0 Å². The maximum Gasteiger partial charge on any atom is 0.410 e. The highest BCUT2D eigenvalue weighted by Gasteiger charge is 2.70. The number of ether oxygens (including phenoxy) is 1. The Morgan fingerprint density at radius 1 is 0.946 bits per heavy atom. The monoisotopic (exact) mass is 534 g/mol. The molecule has 1 aromatic carbocycles. The molecule has 0 N–H and O–H groups in total. The molecule has 1 aliphatic carbocycles. The molecular weight excluding hydrogens is 502 g/mol. The van der Waals surface area contributed by atoms with Gasteiger partial charge in [-0.05, 0) is 76.5 Å². The molecule has 4 rings (SSSR count). The lowest BCUT2D eigenvalue weighted by Crippen LogP contribution is -2.43. The number of nitrogens with zero attached hydrogens (tertiary/aromatic N) is 2. The summed E-state index contributed by atoms with van der Waals surface area (Å²) in [6.07, 6.45) is -4.98. The van der Waals surface area contributed by atoms with Crippen LogP contribution in [0.15, 0.2) is 18.2 Å². The highest BCUT2D eigenvalue weighted by Crippen LogP contribution is 2.59. The van der Waals surface area contributed by atoms with Crippen LogP contribution in [0.4, 0.5) is 31.1 Å². The van der Waals surface area contributed by atoms with Crippen LogP contribution in [0.3, 0.4) is 0 Å². The van der Waals surface area contributed by atoms with E-state index in [0.29, 0.717) is 31.5 Å². The Kier molecular flexibility index (Phi) is 6.99. The van der Waals surface area contributed by atoms with E-state index in [1.165, 1.54) is 6.07 Å². The van der Waals surface area contributed by atoms with Gasteiger partial charge < -0.3 is 14.5 Å². The van der Waals surface area contributed by atoms with Crippen LogP contribution in [0.2, 0.25) is 0 Å². The molecule has 1 unspecified atom stereocenters. The van der Waals surface area contributed by atoms with E-state index in [2.05, 4.69) is 0 Å². The first-order valence-electron chi connectivity index (χ1n) is 12.6. The van der Waals surface area contributed by atoms with Gasteiger partial charge in [-0.2, -0.15) is 13.2 Å². The van der Waals surface area contributed by atoms with Crippen molar-refractivity contribution in [3.63, 3.8) is 0 Å². The molecule has 1 aromatic rings. The predicted molar refractivity (Wildman–Crippen MR) is 122 cm³/mol. The van der Waals surface area contributed by atoms with Gasteiger partial charge in [0.2, 0.25) is 5.91 Å². The van der Waals surface area contributed by atoms with Crippen molar-refractivity contribution in [2.75, 3.05) is 26.2 Å². The van der Waals surface area contributed by atoms with E-state index in [1.807, 2.05) is 0 Å². The number of hydrogen-bond donors (Lipinski definition) is 0. The van der Waals surface area contributed by atoms with Crippen molar-refractivity contribution in [1.29, 1.82) is 0 Å². The Balaban J connectivity index is 1.39. The standard InChI is InChI=1S/C26H32F6N2O3/c1-23(2,3)37-22(36)33-11-6-16(7-12-33)17-4-5-19(20(27)14-17)25(28,29)18-8-13-34(15-18)21(35)24(9-10-24)26(30,31)32/h4-5,14,16,18H,6-13,15H2,1-3H3. The van der Waals surface area contributed by atoms with Crippen LogP contribution in [0.25, 0.3) is 0 Å². The molecule has 3 fully saturated rings. The number of piperidine rings is 1. The number of likely N-dealkylation sites (tertiary alicyclic amines) is 2. The molecule has 1 atom stereocenters. The average Bonchev–Trinajstić information content (AvgIpc) is 3.47. The third-order valence-electron chi connectivity index (χ3n) is 7.66. The number of carbonyl (C=O) groups excluding carboxylic acids is 2.